The topological polar surface area (TPSA) is 58.4 Å². The summed E-state index contributed by atoms with van der Waals surface area (Å²) in [5, 5.41) is 6.83. The lowest BCUT2D eigenvalue weighted by molar-refractivity contribution is -0.140. The Hall–Kier alpha value is -2.58. The molecule has 140 valence electrons. The van der Waals surface area contributed by atoms with Crippen molar-refractivity contribution in [3.05, 3.63) is 46.9 Å². The number of halogens is 4. The summed E-state index contributed by atoms with van der Waals surface area (Å²) in [6.07, 6.45) is -3.50. The summed E-state index contributed by atoms with van der Waals surface area (Å²) in [6, 6.07) is 4.06. The van der Waals surface area contributed by atoms with Gasteiger partial charge in [-0.25, -0.2) is 4.39 Å². The van der Waals surface area contributed by atoms with Gasteiger partial charge in [0, 0.05) is 37.7 Å². The van der Waals surface area contributed by atoms with Crippen LogP contribution in [0.4, 0.5) is 23.4 Å². The predicted octanol–water partition coefficient (Wildman–Crippen LogP) is 3.89. The fraction of sp³-hybridized carbons (Fsp3) is 0.412. The molecule has 9 heteroatoms. The fourth-order valence-corrected chi connectivity index (χ4v) is 3.04. The van der Waals surface area contributed by atoms with Gasteiger partial charge in [-0.05, 0) is 31.0 Å². The van der Waals surface area contributed by atoms with Crippen LogP contribution in [0.3, 0.4) is 0 Å². The highest BCUT2D eigenvalue weighted by molar-refractivity contribution is 5.94. The molecule has 1 aliphatic rings. The van der Waals surface area contributed by atoms with Crippen molar-refractivity contribution in [1.82, 2.24) is 10.1 Å². The minimum absolute atomic E-state index is 0.0899. The predicted molar refractivity (Wildman–Crippen MR) is 85.3 cm³/mol. The molecule has 1 aromatic carbocycles. The van der Waals surface area contributed by atoms with Crippen molar-refractivity contribution in [1.29, 1.82) is 0 Å². The molecule has 1 saturated heterocycles. The van der Waals surface area contributed by atoms with Crippen LogP contribution in [-0.2, 0) is 6.18 Å². The number of carbonyl (C=O) groups is 1. The number of nitrogens with zero attached hydrogens (tertiary/aromatic N) is 2. The Morgan fingerprint density at radius 2 is 1.96 bits per heavy atom. The molecule has 5 nitrogen and oxygen atoms in total. The Morgan fingerprint density at radius 3 is 2.50 bits per heavy atom. The molecule has 0 saturated carbocycles. The van der Waals surface area contributed by atoms with Gasteiger partial charge in [0.2, 0.25) is 5.88 Å². The first-order valence-electron chi connectivity index (χ1n) is 8.10. The number of rotatable bonds is 3. The van der Waals surface area contributed by atoms with Crippen LogP contribution >= 0.6 is 0 Å². The molecule has 2 heterocycles. The molecule has 0 unspecified atom stereocenters. The van der Waals surface area contributed by atoms with Crippen LogP contribution < -0.4 is 5.32 Å². The number of carbonyl (C=O) groups excluding carboxylic acids is 1. The van der Waals surface area contributed by atoms with E-state index in [-0.39, 0.29) is 11.5 Å². The summed E-state index contributed by atoms with van der Waals surface area (Å²) < 4.78 is 56.6. The summed E-state index contributed by atoms with van der Waals surface area (Å²) in [5.41, 5.74) is -0.672. The minimum atomic E-state index is -4.78. The third-order valence-corrected chi connectivity index (χ3v) is 4.50. The zero-order chi connectivity index (χ0) is 18.9. The van der Waals surface area contributed by atoms with Crippen LogP contribution in [0.1, 0.15) is 40.4 Å². The van der Waals surface area contributed by atoms with Crippen molar-refractivity contribution in [2.45, 2.75) is 24.9 Å². The molecule has 2 aromatic rings. The molecule has 0 atom stereocenters. The molecule has 1 fully saturated rings. The number of benzene rings is 1. The Labute approximate surface area is 147 Å². The number of alkyl halides is 3. The van der Waals surface area contributed by atoms with Gasteiger partial charge in [0.25, 0.3) is 5.91 Å². The summed E-state index contributed by atoms with van der Waals surface area (Å²) in [6.45, 7) is 0.821. The highest BCUT2D eigenvalue weighted by Crippen LogP contribution is 2.32. The molecule has 0 bridgehead atoms. The average molecular weight is 371 g/mol. The molecule has 3 rings (SSSR count). The van der Waals surface area contributed by atoms with Gasteiger partial charge in [0.1, 0.15) is 5.82 Å². The highest BCUT2D eigenvalue weighted by atomic mass is 19.4. The van der Waals surface area contributed by atoms with E-state index in [0.717, 1.165) is 11.8 Å². The first kappa shape index (κ1) is 18.2. The van der Waals surface area contributed by atoms with Gasteiger partial charge >= 0.3 is 6.18 Å². The van der Waals surface area contributed by atoms with Gasteiger partial charge in [-0.15, -0.1) is 0 Å². The molecule has 1 aromatic heterocycles. The maximum atomic E-state index is 13.7. The van der Waals surface area contributed by atoms with E-state index in [1.54, 1.807) is 13.1 Å². The van der Waals surface area contributed by atoms with Crippen LogP contribution in [0.2, 0.25) is 0 Å². The van der Waals surface area contributed by atoms with Crippen LogP contribution in [0.25, 0.3) is 0 Å². The van der Waals surface area contributed by atoms with Crippen molar-refractivity contribution in [3.63, 3.8) is 0 Å². The molecule has 0 radical (unpaired) electrons. The number of nitrogens with one attached hydrogen (secondary N) is 1. The van der Waals surface area contributed by atoms with E-state index in [1.165, 1.54) is 4.90 Å². The van der Waals surface area contributed by atoms with Gasteiger partial charge in [-0.2, -0.15) is 13.2 Å². The summed E-state index contributed by atoms with van der Waals surface area (Å²) in [5.74, 6) is -1.24. The lowest BCUT2D eigenvalue weighted by atomic mass is 9.93. The number of amides is 1. The summed E-state index contributed by atoms with van der Waals surface area (Å²) >= 11 is 0. The molecule has 0 spiro atoms. The largest absolute Gasteiger partial charge is 0.419 e. The van der Waals surface area contributed by atoms with E-state index in [4.69, 9.17) is 4.52 Å². The first-order chi connectivity index (χ1) is 12.3. The van der Waals surface area contributed by atoms with Gasteiger partial charge in [-0.3, -0.25) is 4.79 Å². The number of hydrogen-bond acceptors (Lipinski definition) is 4. The Morgan fingerprint density at radius 1 is 1.27 bits per heavy atom. The lowest BCUT2D eigenvalue weighted by Crippen LogP contribution is -2.38. The Kier molecular flexibility index (Phi) is 4.88. The number of piperidine rings is 1. The van der Waals surface area contributed by atoms with Crippen molar-refractivity contribution >= 4 is 11.8 Å². The van der Waals surface area contributed by atoms with Gasteiger partial charge in [0.15, 0.2) is 0 Å². The second kappa shape index (κ2) is 6.97. The summed E-state index contributed by atoms with van der Waals surface area (Å²) in [4.78, 5) is 14.0. The smallest absolute Gasteiger partial charge is 0.357 e. The normalized spacial score (nSPS) is 16.0. The van der Waals surface area contributed by atoms with Crippen LogP contribution in [-0.4, -0.2) is 36.1 Å². The third kappa shape index (κ3) is 3.66. The first-order valence-corrected chi connectivity index (χ1v) is 8.10. The molecule has 1 N–H and O–H groups in total. The number of hydrogen-bond donors (Lipinski definition) is 1. The standard InChI is InChI=1S/C17H17F4N3O2/c1-22-15-9-14(23-26-15)10-4-6-24(7-5-10)16(25)11-2-3-12(13(18)8-11)17(19,20)21/h2-3,8-10,22H,4-7H2,1H3. The van der Waals surface area contributed by atoms with Gasteiger partial charge < -0.3 is 14.7 Å². The van der Waals surface area contributed by atoms with Crippen LogP contribution in [0, 0.1) is 5.82 Å². The summed E-state index contributed by atoms with van der Waals surface area (Å²) in [7, 11) is 1.72. The van der Waals surface area contributed by atoms with E-state index in [1.807, 2.05) is 0 Å². The molecule has 1 amide bonds. The van der Waals surface area contributed by atoms with Crippen molar-refractivity contribution in [2.75, 3.05) is 25.5 Å². The second-order valence-corrected chi connectivity index (χ2v) is 6.12. The van der Waals surface area contributed by atoms with Gasteiger partial charge in [0.05, 0.1) is 11.3 Å². The van der Waals surface area contributed by atoms with Gasteiger partial charge in [-0.1, -0.05) is 5.16 Å². The van der Waals surface area contributed by atoms with E-state index in [2.05, 4.69) is 10.5 Å². The number of anilines is 1. The van der Waals surface area contributed by atoms with Crippen molar-refractivity contribution < 1.29 is 26.9 Å². The van der Waals surface area contributed by atoms with Crippen LogP contribution in [0.5, 0.6) is 0 Å². The maximum Gasteiger partial charge on any atom is 0.419 e. The van der Waals surface area contributed by atoms with E-state index >= 15 is 0 Å². The molecule has 0 aliphatic carbocycles. The molecular weight excluding hydrogens is 354 g/mol. The van der Waals surface area contributed by atoms with E-state index in [0.29, 0.717) is 43.9 Å². The van der Waals surface area contributed by atoms with Crippen molar-refractivity contribution in [3.8, 4) is 0 Å². The zero-order valence-corrected chi connectivity index (χ0v) is 13.9. The SMILES string of the molecule is CNc1cc(C2CCN(C(=O)c3ccc(C(F)(F)F)c(F)c3)CC2)no1. The minimum Gasteiger partial charge on any atom is -0.357 e. The monoisotopic (exact) mass is 371 g/mol. The molecular formula is C17H17F4N3O2. The Balaban J connectivity index is 1.66. The number of likely N-dealkylation sites (tertiary alicyclic amines) is 1. The number of aromatic nitrogens is 1. The van der Waals surface area contributed by atoms with Crippen molar-refractivity contribution in [2.24, 2.45) is 0 Å². The quantitative estimate of drug-likeness (QED) is 0.832. The Bertz CT molecular complexity index is 796. The van der Waals surface area contributed by atoms with E-state index in [9.17, 15) is 22.4 Å². The highest BCUT2D eigenvalue weighted by Gasteiger charge is 2.35. The molecule has 1 aliphatic heterocycles. The van der Waals surface area contributed by atoms with E-state index < -0.39 is 23.5 Å². The third-order valence-electron chi connectivity index (χ3n) is 4.50. The second-order valence-electron chi connectivity index (χ2n) is 6.12. The average Bonchev–Trinajstić information content (AvgIpc) is 3.09. The molecule has 26 heavy (non-hydrogen) atoms. The van der Waals surface area contributed by atoms with Crippen LogP contribution in [0.15, 0.2) is 28.8 Å². The maximum absolute atomic E-state index is 13.7. The lowest BCUT2D eigenvalue weighted by Gasteiger charge is -2.31. The fourth-order valence-electron chi connectivity index (χ4n) is 3.04. The zero-order valence-electron chi connectivity index (χ0n) is 13.9.